The van der Waals surface area contributed by atoms with E-state index in [9.17, 15) is 9.59 Å². The summed E-state index contributed by atoms with van der Waals surface area (Å²) in [6.07, 6.45) is 6.28. The summed E-state index contributed by atoms with van der Waals surface area (Å²) in [6.45, 7) is 4.10. The first-order chi connectivity index (χ1) is 15.5. The molecule has 5 rings (SSSR count). The Balaban J connectivity index is 1.53. The maximum atomic E-state index is 13.8. The van der Waals surface area contributed by atoms with Gasteiger partial charge in [-0.15, -0.1) is 0 Å². The minimum atomic E-state index is -0.527. The van der Waals surface area contributed by atoms with Crippen molar-refractivity contribution in [2.75, 3.05) is 5.32 Å². The number of anilines is 1. The summed E-state index contributed by atoms with van der Waals surface area (Å²) in [5.74, 6) is -0.964. The Morgan fingerprint density at radius 3 is 2.22 bits per heavy atom. The summed E-state index contributed by atoms with van der Waals surface area (Å²) < 4.78 is 0. The molecule has 3 nitrogen and oxygen atoms in total. The minimum Gasteiger partial charge on any atom is -0.358 e. The molecular weight excluding hydrogens is 394 g/mol. The number of carbonyl (C=O) groups is 2. The highest BCUT2D eigenvalue weighted by molar-refractivity contribution is 6.18. The molecule has 0 aromatic heterocycles. The second-order valence-corrected chi connectivity index (χ2v) is 8.73. The number of hydrogen-bond donors (Lipinski definition) is 1. The molecule has 3 heteroatoms. The van der Waals surface area contributed by atoms with E-state index in [-0.39, 0.29) is 11.6 Å². The Hall–Kier alpha value is -3.72. The van der Waals surface area contributed by atoms with Crippen LogP contribution in [0, 0.1) is 25.7 Å². The molecule has 0 aliphatic heterocycles. The first kappa shape index (κ1) is 20.2. The van der Waals surface area contributed by atoms with Crippen LogP contribution in [0.25, 0.3) is 0 Å². The molecular formula is C29H25NO2. The van der Waals surface area contributed by atoms with E-state index in [1.807, 2.05) is 61.5 Å². The van der Waals surface area contributed by atoms with Gasteiger partial charge in [0.15, 0.2) is 11.6 Å². The number of Topliss-reactive ketones (excluding diaryl/α,β-unsaturated/α-hetero) is 2. The van der Waals surface area contributed by atoms with Crippen molar-refractivity contribution in [3.05, 3.63) is 124 Å². The number of rotatable bonds is 4. The van der Waals surface area contributed by atoms with Crippen LogP contribution in [0.5, 0.6) is 0 Å². The van der Waals surface area contributed by atoms with Gasteiger partial charge in [-0.05, 0) is 49.6 Å². The van der Waals surface area contributed by atoms with Crippen molar-refractivity contribution in [1.29, 1.82) is 0 Å². The fraction of sp³-hybridized carbons (Fsp3) is 0.172. The molecule has 2 aliphatic rings. The smallest absolute Gasteiger partial charge is 0.173 e. The molecule has 1 N–H and O–H groups in total. The van der Waals surface area contributed by atoms with Crippen LogP contribution in [-0.2, 0) is 6.42 Å². The molecule has 0 spiro atoms. The van der Waals surface area contributed by atoms with Gasteiger partial charge in [0.1, 0.15) is 0 Å². The number of benzene rings is 3. The van der Waals surface area contributed by atoms with E-state index in [0.29, 0.717) is 17.5 Å². The van der Waals surface area contributed by atoms with Gasteiger partial charge in [0.25, 0.3) is 0 Å². The molecule has 158 valence electrons. The first-order valence-electron chi connectivity index (χ1n) is 11.0. The van der Waals surface area contributed by atoms with Gasteiger partial charge in [-0.1, -0.05) is 77.9 Å². The van der Waals surface area contributed by atoms with Crippen molar-refractivity contribution in [1.82, 2.24) is 0 Å². The van der Waals surface area contributed by atoms with Gasteiger partial charge in [0.05, 0.1) is 11.8 Å². The monoisotopic (exact) mass is 419 g/mol. The van der Waals surface area contributed by atoms with Gasteiger partial charge < -0.3 is 5.32 Å². The van der Waals surface area contributed by atoms with Gasteiger partial charge in [-0.2, -0.15) is 0 Å². The average molecular weight is 420 g/mol. The molecule has 0 saturated carbocycles. The summed E-state index contributed by atoms with van der Waals surface area (Å²) in [5, 5.41) is 3.40. The van der Waals surface area contributed by atoms with E-state index >= 15 is 0 Å². The third kappa shape index (κ3) is 3.60. The van der Waals surface area contributed by atoms with Crippen molar-refractivity contribution in [3.8, 4) is 0 Å². The zero-order chi connectivity index (χ0) is 22.2. The summed E-state index contributed by atoms with van der Waals surface area (Å²) in [4.78, 5) is 27.3. The Kier molecular flexibility index (Phi) is 5.10. The van der Waals surface area contributed by atoms with Crippen molar-refractivity contribution in [3.63, 3.8) is 0 Å². The van der Waals surface area contributed by atoms with E-state index in [4.69, 9.17) is 0 Å². The van der Waals surface area contributed by atoms with E-state index in [1.165, 1.54) is 11.1 Å². The molecule has 32 heavy (non-hydrogen) atoms. The molecule has 0 radical (unpaired) electrons. The number of fused-ring (bicyclic) bond motifs is 2. The standard InChI is InChI=1S/C29H25NO2/c1-18-9-13-20(14-10-18)17-21-5-3-6-23-26(21)29(32)27-24(28(23)31)7-4-8-25(27)30-22-15-11-19(2)12-16-22/h3-16,24,27,30H,17H2,1-2H3. The number of nitrogens with one attached hydrogen (secondary N) is 1. The quantitative estimate of drug-likeness (QED) is 0.558. The van der Waals surface area contributed by atoms with E-state index in [2.05, 4.69) is 36.5 Å². The molecule has 0 saturated heterocycles. The minimum absolute atomic E-state index is 0.0162. The third-order valence-electron chi connectivity index (χ3n) is 6.39. The molecule has 2 aliphatic carbocycles. The maximum Gasteiger partial charge on any atom is 0.173 e. The van der Waals surface area contributed by atoms with E-state index in [0.717, 1.165) is 22.5 Å². The third-order valence-corrected chi connectivity index (χ3v) is 6.39. The zero-order valence-corrected chi connectivity index (χ0v) is 18.3. The second-order valence-electron chi connectivity index (χ2n) is 8.73. The van der Waals surface area contributed by atoms with Crippen molar-refractivity contribution < 1.29 is 9.59 Å². The Morgan fingerprint density at radius 2 is 1.50 bits per heavy atom. The fourth-order valence-corrected chi connectivity index (χ4v) is 4.66. The fourth-order valence-electron chi connectivity index (χ4n) is 4.66. The van der Waals surface area contributed by atoms with E-state index < -0.39 is 11.8 Å². The van der Waals surface area contributed by atoms with E-state index in [1.54, 1.807) is 6.07 Å². The largest absolute Gasteiger partial charge is 0.358 e. The molecule has 2 unspecified atom stereocenters. The van der Waals surface area contributed by atoms with Gasteiger partial charge in [-0.3, -0.25) is 9.59 Å². The van der Waals surface area contributed by atoms with Gasteiger partial charge in [-0.25, -0.2) is 0 Å². The maximum absolute atomic E-state index is 13.8. The van der Waals surface area contributed by atoms with Gasteiger partial charge >= 0.3 is 0 Å². The van der Waals surface area contributed by atoms with Crippen molar-refractivity contribution in [2.45, 2.75) is 20.3 Å². The van der Waals surface area contributed by atoms with Crippen LogP contribution in [0.1, 0.15) is 43.0 Å². The summed E-state index contributed by atoms with van der Waals surface area (Å²) in [5.41, 5.74) is 7.21. The molecule has 0 bridgehead atoms. The summed E-state index contributed by atoms with van der Waals surface area (Å²) in [7, 11) is 0. The lowest BCUT2D eigenvalue weighted by molar-refractivity contribution is 0.0793. The van der Waals surface area contributed by atoms with Crippen molar-refractivity contribution >= 4 is 17.3 Å². The predicted octanol–water partition coefficient (Wildman–Crippen LogP) is 6.07. The van der Waals surface area contributed by atoms with Crippen LogP contribution < -0.4 is 5.32 Å². The van der Waals surface area contributed by atoms with Crippen molar-refractivity contribution in [2.24, 2.45) is 11.8 Å². The highest BCUT2D eigenvalue weighted by Gasteiger charge is 2.44. The molecule has 3 aromatic carbocycles. The predicted molar refractivity (Wildman–Crippen MR) is 128 cm³/mol. The van der Waals surface area contributed by atoms with Gasteiger partial charge in [0, 0.05) is 22.5 Å². The molecule has 3 aromatic rings. The number of allylic oxidation sites excluding steroid dienone is 4. The SMILES string of the molecule is Cc1ccc(Cc2cccc3c2C(=O)C2C(Nc4ccc(C)cc4)=CC=CC2C3=O)cc1. The summed E-state index contributed by atoms with van der Waals surface area (Å²) >= 11 is 0. The number of aryl methyl sites for hydroxylation is 2. The second kappa shape index (κ2) is 8.08. The van der Waals surface area contributed by atoms with Gasteiger partial charge in [0.2, 0.25) is 0 Å². The lowest BCUT2D eigenvalue weighted by Gasteiger charge is -2.34. The van der Waals surface area contributed by atoms with Crippen LogP contribution >= 0.6 is 0 Å². The zero-order valence-electron chi connectivity index (χ0n) is 18.3. The number of hydrogen-bond acceptors (Lipinski definition) is 3. The van der Waals surface area contributed by atoms with Crippen LogP contribution in [0.3, 0.4) is 0 Å². The van der Waals surface area contributed by atoms with Crippen LogP contribution in [0.4, 0.5) is 5.69 Å². The van der Waals surface area contributed by atoms with Crippen LogP contribution in [0.2, 0.25) is 0 Å². The molecule has 2 atom stereocenters. The number of carbonyl (C=O) groups excluding carboxylic acids is 2. The highest BCUT2D eigenvalue weighted by Crippen LogP contribution is 2.39. The molecule has 0 heterocycles. The Morgan fingerprint density at radius 1 is 0.812 bits per heavy atom. The van der Waals surface area contributed by atoms with Crippen LogP contribution in [-0.4, -0.2) is 11.6 Å². The molecule has 0 amide bonds. The normalized spacial score (nSPS) is 19.2. The Bertz CT molecular complexity index is 1260. The average Bonchev–Trinajstić information content (AvgIpc) is 2.80. The lowest BCUT2D eigenvalue weighted by atomic mass is 9.69. The molecule has 0 fully saturated rings. The lowest BCUT2D eigenvalue weighted by Crippen LogP contribution is -2.40. The Labute approximate surface area is 188 Å². The topological polar surface area (TPSA) is 46.2 Å². The first-order valence-corrected chi connectivity index (χ1v) is 11.0. The van der Waals surface area contributed by atoms with Crippen LogP contribution in [0.15, 0.2) is 90.7 Å². The number of ketones is 2. The summed E-state index contributed by atoms with van der Waals surface area (Å²) in [6, 6.07) is 22.0. The highest BCUT2D eigenvalue weighted by atomic mass is 16.1.